The van der Waals surface area contributed by atoms with Crippen molar-refractivity contribution in [1.29, 1.82) is 0 Å². The summed E-state index contributed by atoms with van der Waals surface area (Å²) in [5.74, 6) is -1.75. The minimum absolute atomic E-state index is 0. The van der Waals surface area contributed by atoms with Gasteiger partial charge in [-0.05, 0) is 37.0 Å². The topological polar surface area (TPSA) is 66.8 Å². The van der Waals surface area contributed by atoms with Crippen LogP contribution in [0.4, 0.5) is 4.39 Å². The van der Waals surface area contributed by atoms with E-state index in [9.17, 15) is 14.0 Å². The number of likely N-dealkylation sites (tertiary alicyclic amines) is 1. The summed E-state index contributed by atoms with van der Waals surface area (Å²) in [6, 6.07) is 6.04. The summed E-state index contributed by atoms with van der Waals surface area (Å²) in [6.07, 6.45) is 1.55. The second kappa shape index (κ2) is 7.49. The highest BCUT2D eigenvalue weighted by Crippen LogP contribution is 2.38. The molecule has 0 radical (unpaired) electrons. The van der Waals surface area contributed by atoms with Gasteiger partial charge in [0, 0.05) is 26.3 Å². The molecule has 2 saturated heterocycles. The first-order chi connectivity index (χ1) is 11.0. The molecule has 0 aliphatic carbocycles. The highest BCUT2D eigenvalue weighted by molar-refractivity contribution is 5.89. The summed E-state index contributed by atoms with van der Waals surface area (Å²) in [5.41, 5.74) is 0.0465. The summed E-state index contributed by atoms with van der Waals surface area (Å²) in [6.45, 7) is 1.65. The first kappa shape index (κ1) is 18.7. The van der Waals surface area contributed by atoms with Crippen LogP contribution in [0, 0.1) is 11.7 Å². The third-order valence-corrected chi connectivity index (χ3v) is 4.98. The van der Waals surface area contributed by atoms with E-state index < -0.39 is 17.3 Å². The van der Waals surface area contributed by atoms with Crippen molar-refractivity contribution in [2.75, 3.05) is 26.3 Å². The van der Waals surface area contributed by atoms with Crippen molar-refractivity contribution >= 4 is 24.3 Å². The van der Waals surface area contributed by atoms with Crippen LogP contribution in [0.3, 0.4) is 0 Å². The van der Waals surface area contributed by atoms with Crippen LogP contribution < -0.4 is 0 Å². The van der Waals surface area contributed by atoms with Crippen LogP contribution in [0.2, 0.25) is 0 Å². The fourth-order valence-corrected chi connectivity index (χ4v) is 3.56. The molecule has 0 spiro atoms. The largest absolute Gasteiger partial charge is 0.481 e. The highest BCUT2D eigenvalue weighted by Gasteiger charge is 2.46. The third-order valence-electron chi connectivity index (χ3n) is 4.98. The van der Waals surface area contributed by atoms with Crippen molar-refractivity contribution in [2.45, 2.75) is 24.7 Å². The van der Waals surface area contributed by atoms with Gasteiger partial charge in [-0.3, -0.25) is 9.59 Å². The van der Waals surface area contributed by atoms with Gasteiger partial charge in [-0.25, -0.2) is 4.39 Å². The quantitative estimate of drug-likeness (QED) is 0.900. The standard InChI is InChI=1S/C17H20FNO4.ClH/c18-14-3-1-13(2-4-14)17(6-9-23-10-7-17)16(22)19-8-5-12(11-19)15(20)21;/h1-4,12H,5-11H2,(H,20,21);1H. The van der Waals surface area contributed by atoms with Crippen LogP contribution in [0.25, 0.3) is 0 Å². The molecule has 132 valence electrons. The number of rotatable bonds is 3. The van der Waals surface area contributed by atoms with E-state index >= 15 is 0 Å². The molecule has 1 atom stereocenters. The monoisotopic (exact) mass is 357 g/mol. The maximum absolute atomic E-state index is 13.2. The number of halogens is 2. The van der Waals surface area contributed by atoms with Crippen LogP contribution in [0.5, 0.6) is 0 Å². The lowest BCUT2D eigenvalue weighted by Crippen LogP contribution is -2.49. The second-order valence-corrected chi connectivity index (χ2v) is 6.28. The van der Waals surface area contributed by atoms with Crippen molar-refractivity contribution in [1.82, 2.24) is 4.90 Å². The van der Waals surface area contributed by atoms with Gasteiger partial charge < -0.3 is 14.7 Å². The van der Waals surface area contributed by atoms with Crippen LogP contribution in [0.15, 0.2) is 24.3 Å². The summed E-state index contributed by atoms with van der Waals surface area (Å²) in [5, 5.41) is 9.14. The lowest BCUT2D eigenvalue weighted by molar-refractivity contribution is -0.143. The SMILES string of the molecule is Cl.O=C(O)C1CCN(C(=O)C2(c3ccc(F)cc3)CCOCC2)C1. The van der Waals surface area contributed by atoms with Crippen LogP contribution in [-0.4, -0.2) is 48.2 Å². The van der Waals surface area contributed by atoms with E-state index in [4.69, 9.17) is 9.84 Å². The molecule has 1 aromatic carbocycles. The molecule has 5 nitrogen and oxygen atoms in total. The minimum Gasteiger partial charge on any atom is -0.481 e. The van der Waals surface area contributed by atoms with Crippen LogP contribution in [-0.2, 0) is 19.7 Å². The predicted octanol–water partition coefficient (Wildman–Crippen LogP) is 2.23. The second-order valence-electron chi connectivity index (χ2n) is 6.28. The zero-order chi connectivity index (χ0) is 16.4. The number of carboxylic acid groups (broad SMARTS) is 1. The van der Waals surface area contributed by atoms with E-state index in [2.05, 4.69) is 0 Å². The first-order valence-electron chi connectivity index (χ1n) is 7.89. The van der Waals surface area contributed by atoms with E-state index in [-0.39, 0.29) is 30.7 Å². The molecule has 3 rings (SSSR count). The maximum Gasteiger partial charge on any atom is 0.308 e. The Bertz CT molecular complexity index is 601. The average Bonchev–Trinajstić information content (AvgIpc) is 3.05. The fraction of sp³-hybridized carbons (Fsp3) is 0.529. The van der Waals surface area contributed by atoms with Gasteiger partial charge in [0.05, 0.1) is 11.3 Å². The Morgan fingerprint density at radius 2 is 1.83 bits per heavy atom. The van der Waals surface area contributed by atoms with E-state index in [1.165, 1.54) is 12.1 Å². The number of carboxylic acids is 1. The number of hydrogen-bond acceptors (Lipinski definition) is 3. The van der Waals surface area contributed by atoms with Crippen molar-refractivity contribution < 1.29 is 23.8 Å². The molecule has 0 saturated carbocycles. The molecule has 1 unspecified atom stereocenters. The Hall–Kier alpha value is -1.66. The fourth-order valence-electron chi connectivity index (χ4n) is 3.56. The zero-order valence-corrected chi connectivity index (χ0v) is 14.1. The predicted molar refractivity (Wildman–Crippen MR) is 87.7 cm³/mol. The molecule has 2 aliphatic rings. The molecule has 7 heteroatoms. The van der Waals surface area contributed by atoms with Crippen LogP contribution >= 0.6 is 12.4 Å². The third kappa shape index (κ3) is 3.39. The molecule has 1 aromatic rings. The Morgan fingerprint density at radius 3 is 2.38 bits per heavy atom. The lowest BCUT2D eigenvalue weighted by Gasteiger charge is -2.39. The minimum atomic E-state index is -0.858. The normalized spacial score (nSPS) is 22.7. The van der Waals surface area contributed by atoms with E-state index in [1.807, 2.05) is 0 Å². The van der Waals surface area contributed by atoms with Gasteiger partial charge in [0.2, 0.25) is 5.91 Å². The molecular weight excluding hydrogens is 337 g/mol. The van der Waals surface area contributed by atoms with Gasteiger partial charge in [-0.2, -0.15) is 0 Å². The van der Waals surface area contributed by atoms with Gasteiger partial charge >= 0.3 is 5.97 Å². The first-order valence-corrected chi connectivity index (χ1v) is 7.89. The van der Waals surface area contributed by atoms with Gasteiger partial charge in [0.25, 0.3) is 0 Å². The molecule has 24 heavy (non-hydrogen) atoms. The van der Waals surface area contributed by atoms with Crippen molar-refractivity contribution in [2.24, 2.45) is 5.92 Å². The van der Waals surface area contributed by atoms with Gasteiger partial charge in [0.15, 0.2) is 0 Å². The van der Waals surface area contributed by atoms with E-state index in [0.29, 0.717) is 39.0 Å². The van der Waals surface area contributed by atoms with Gasteiger partial charge in [0.1, 0.15) is 5.82 Å². The van der Waals surface area contributed by atoms with Crippen molar-refractivity contribution in [3.63, 3.8) is 0 Å². The lowest BCUT2D eigenvalue weighted by atomic mass is 9.73. The summed E-state index contributed by atoms with van der Waals surface area (Å²) in [4.78, 5) is 25.9. The Labute approximate surface area is 146 Å². The van der Waals surface area contributed by atoms with E-state index in [1.54, 1.807) is 17.0 Å². The van der Waals surface area contributed by atoms with Crippen LogP contribution in [0.1, 0.15) is 24.8 Å². The Morgan fingerprint density at radius 1 is 1.21 bits per heavy atom. The average molecular weight is 358 g/mol. The highest BCUT2D eigenvalue weighted by atomic mass is 35.5. The molecule has 1 amide bonds. The molecule has 1 N–H and O–H groups in total. The zero-order valence-electron chi connectivity index (χ0n) is 13.2. The summed E-state index contributed by atoms with van der Waals surface area (Å²) >= 11 is 0. The number of benzene rings is 1. The Kier molecular flexibility index (Phi) is 5.83. The number of amides is 1. The number of carbonyl (C=O) groups is 2. The molecule has 2 aliphatic heterocycles. The smallest absolute Gasteiger partial charge is 0.308 e. The molecular formula is C17H21ClFNO4. The number of hydrogen-bond donors (Lipinski definition) is 1. The van der Waals surface area contributed by atoms with Crippen molar-refractivity contribution in [3.8, 4) is 0 Å². The van der Waals surface area contributed by atoms with Gasteiger partial charge in [-0.1, -0.05) is 12.1 Å². The Balaban J connectivity index is 0.00000208. The van der Waals surface area contributed by atoms with Crippen molar-refractivity contribution in [3.05, 3.63) is 35.6 Å². The number of carbonyl (C=O) groups excluding carboxylic acids is 1. The maximum atomic E-state index is 13.2. The van der Waals surface area contributed by atoms with Gasteiger partial charge in [-0.15, -0.1) is 12.4 Å². The number of aliphatic carboxylic acids is 1. The number of nitrogens with zero attached hydrogens (tertiary/aromatic N) is 1. The molecule has 0 bridgehead atoms. The van der Waals surface area contributed by atoms with E-state index in [0.717, 1.165) is 5.56 Å². The number of ether oxygens (including phenoxy) is 1. The molecule has 2 fully saturated rings. The molecule has 0 aromatic heterocycles. The molecule has 2 heterocycles. The summed E-state index contributed by atoms with van der Waals surface area (Å²) < 4.78 is 18.6. The summed E-state index contributed by atoms with van der Waals surface area (Å²) in [7, 11) is 0.